The maximum atomic E-state index is 9.52. The van der Waals surface area contributed by atoms with Gasteiger partial charge in [0, 0.05) is 44.0 Å². The van der Waals surface area contributed by atoms with Gasteiger partial charge in [-0.1, -0.05) is 18.2 Å². The van der Waals surface area contributed by atoms with Crippen LogP contribution in [0.5, 0.6) is 5.75 Å². The summed E-state index contributed by atoms with van der Waals surface area (Å²) in [5.74, 6) is 0.356. The molecule has 0 amide bonds. The maximum Gasteiger partial charge on any atom is 0.117 e. The first-order chi connectivity index (χ1) is 8.83. The van der Waals surface area contributed by atoms with E-state index in [2.05, 4.69) is 28.0 Å². The molecule has 1 saturated heterocycles. The summed E-state index contributed by atoms with van der Waals surface area (Å²) in [6, 6.07) is 8.30. The molecule has 1 N–H and O–H groups in total. The van der Waals surface area contributed by atoms with Gasteiger partial charge in [-0.2, -0.15) is 0 Å². The van der Waals surface area contributed by atoms with Crippen LogP contribution in [-0.4, -0.2) is 42.2 Å². The molecule has 1 heterocycles. The number of aromatic hydroxyl groups is 1. The third-order valence-corrected chi connectivity index (χ3v) is 4.01. The number of anilines is 1. The van der Waals surface area contributed by atoms with E-state index in [0.717, 1.165) is 37.9 Å². The second-order valence-electron chi connectivity index (χ2n) is 5.14. The lowest BCUT2D eigenvalue weighted by Gasteiger charge is -2.39. The lowest BCUT2D eigenvalue weighted by molar-refractivity contribution is 0.192. The highest BCUT2D eigenvalue weighted by Crippen LogP contribution is 2.23. The number of phenolic OH excluding ortho intramolecular Hbond substituents is 1. The molecule has 1 aliphatic heterocycles. The van der Waals surface area contributed by atoms with Crippen molar-refractivity contribution in [2.75, 3.05) is 31.1 Å². The maximum absolute atomic E-state index is 9.52. The Morgan fingerprint density at radius 1 is 1.00 bits per heavy atom. The van der Waals surface area contributed by atoms with Crippen molar-refractivity contribution in [3.05, 3.63) is 36.4 Å². The number of hydrogen-bond donors (Lipinski definition) is 1. The Morgan fingerprint density at radius 2 is 1.72 bits per heavy atom. The molecule has 1 aromatic rings. The van der Waals surface area contributed by atoms with E-state index in [-0.39, 0.29) is 0 Å². The van der Waals surface area contributed by atoms with Crippen molar-refractivity contribution in [1.82, 2.24) is 4.90 Å². The smallest absolute Gasteiger partial charge is 0.117 e. The van der Waals surface area contributed by atoms with E-state index in [1.54, 1.807) is 6.07 Å². The molecule has 0 atom stereocenters. The Bertz CT molecular complexity index is 428. The summed E-state index contributed by atoms with van der Waals surface area (Å²) in [5.41, 5.74) is 1.14. The van der Waals surface area contributed by atoms with E-state index < -0.39 is 0 Å². The van der Waals surface area contributed by atoms with Gasteiger partial charge in [0.2, 0.25) is 0 Å². The van der Waals surface area contributed by atoms with Gasteiger partial charge in [0.05, 0.1) is 0 Å². The molecule has 96 valence electrons. The molecule has 0 unspecified atom stereocenters. The molecule has 3 heteroatoms. The Kier molecular flexibility index (Phi) is 3.24. The quantitative estimate of drug-likeness (QED) is 0.808. The monoisotopic (exact) mass is 244 g/mol. The summed E-state index contributed by atoms with van der Waals surface area (Å²) >= 11 is 0. The average molecular weight is 244 g/mol. The highest BCUT2D eigenvalue weighted by molar-refractivity contribution is 5.50. The van der Waals surface area contributed by atoms with Crippen molar-refractivity contribution < 1.29 is 5.11 Å². The summed E-state index contributed by atoms with van der Waals surface area (Å²) in [6.45, 7) is 4.36. The molecule has 1 aliphatic carbocycles. The zero-order chi connectivity index (χ0) is 12.4. The van der Waals surface area contributed by atoms with Gasteiger partial charge in [0.25, 0.3) is 0 Å². The van der Waals surface area contributed by atoms with Gasteiger partial charge in [0.15, 0.2) is 0 Å². The Hall–Kier alpha value is -1.48. The first kappa shape index (κ1) is 11.6. The molecular formula is C15H20N2O. The molecule has 0 spiro atoms. The summed E-state index contributed by atoms with van der Waals surface area (Å²) in [4.78, 5) is 4.96. The minimum absolute atomic E-state index is 0.356. The Balaban J connectivity index is 1.59. The second-order valence-corrected chi connectivity index (χ2v) is 5.14. The standard InChI is InChI=1S/C15H20N2O/c18-15-7-3-6-14(12-15)17-10-8-16(9-11-17)13-4-1-2-5-13/h1-3,6-7,12-13,18H,4-5,8-11H2. The van der Waals surface area contributed by atoms with Crippen LogP contribution in [0.4, 0.5) is 5.69 Å². The van der Waals surface area contributed by atoms with Crippen LogP contribution in [0.1, 0.15) is 12.8 Å². The molecule has 0 radical (unpaired) electrons. The topological polar surface area (TPSA) is 26.7 Å². The van der Waals surface area contributed by atoms with Crippen molar-refractivity contribution in [3.8, 4) is 5.75 Å². The fourth-order valence-electron chi connectivity index (χ4n) is 2.94. The highest BCUT2D eigenvalue weighted by Gasteiger charge is 2.24. The van der Waals surface area contributed by atoms with Crippen LogP contribution in [0.3, 0.4) is 0 Å². The summed E-state index contributed by atoms with van der Waals surface area (Å²) in [5, 5.41) is 9.52. The van der Waals surface area contributed by atoms with Crippen LogP contribution in [0.2, 0.25) is 0 Å². The lowest BCUT2D eigenvalue weighted by Crippen LogP contribution is -2.49. The number of hydrogen-bond acceptors (Lipinski definition) is 3. The van der Waals surface area contributed by atoms with Crippen molar-refractivity contribution in [2.24, 2.45) is 0 Å². The van der Waals surface area contributed by atoms with E-state index in [0.29, 0.717) is 5.75 Å². The second kappa shape index (κ2) is 5.02. The van der Waals surface area contributed by atoms with E-state index in [9.17, 15) is 5.11 Å². The molecule has 1 aromatic carbocycles. The van der Waals surface area contributed by atoms with E-state index >= 15 is 0 Å². The molecule has 3 rings (SSSR count). The number of benzene rings is 1. The van der Waals surface area contributed by atoms with Gasteiger partial charge in [-0.05, 0) is 25.0 Å². The van der Waals surface area contributed by atoms with Crippen LogP contribution in [0.15, 0.2) is 36.4 Å². The minimum atomic E-state index is 0.356. The molecular weight excluding hydrogens is 224 g/mol. The van der Waals surface area contributed by atoms with Gasteiger partial charge in [-0.25, -0.2) is 0 Å². The fourth-order valence-corrected chi connectivity index (χ4v) is 2.94. The van der Waals surface area contributed by atoms with Gasteiger partial charge in [-0.3, -0.25) is 4.90 Å². The predicted molar refractivity (Wildman–Crippen MR) is 74.1 cm³/mol. The number of rotatable bonds is 2. The molecule has 18 heavy (non-hydrogen) atoms. The van der Waals surface area contributed by atoms with Crippen LogP contribution >= 0.6 is 0 Å². The van der Waals surface area contributed by atoms with E-state index in [4.69, 9.17) is 0 Å². The van der Waals surface area contributed by atoms with Crippen molar-refractivity contribution in [3.63, 3.8) is 0 Å². The SMILES string of the molecule is Oc1cccc(N2CCN(C3CC=CC3)CC2)c1. The van der Waals surface area contributed by atoms with E-state index in [1.165, 1.54) is 12.8 Å². The largest absolute Gasteiger partial charge is 0.508 e. The van der Waals surface area contributed by atoms with Crippen LogP contribution in [0, 0.1) is 0 Å². The molecule has 0 saturated carbocycles. The fraction of sp³-hybridized carbons (Fsp3) is 0.467. The number of piperazine rings is 1. The van der Waals surface area contributed by atoms with Gasteiger partial charge in [-0.15, -0.1) is 0 Å². The van der Waals surface area contributed by atoms with Crippen LogP contribution < -0.4 is 4.90 Å². The molecule has 1 fully saturated rings. The third-order valence-electron chi connectivity index (χ3n) is 4.01. The molecule has 0 bridgehead atoms. The van der Waals surface area contributed by atoms with Crippen molar-refractivity contribution >= 4 is 5.69 Å². The van der Waals surface area contributed by atoms with Gasteiger partial charge in [0.1, 0.15) is 5.75 Å². The van der Waals surface area contributed by atoms with Crippen molar-refractivity contribution in [1.29, 1.82) is 0 Å². The van der Waals surface area contributed by atoms with Crippen LogP contribution in [0.25, 0.3) is 0 Å². The first-order valence-electron chi connectivity index (χ1n) is 6.76. The average Bonchev–Trinajstić information content (AvgIpc) is 2.93. The lowest BCUT2D eigenvalue weighted by atomic mass is 10.1. The Labute approximate surface area is 108 Å². The summed E-state index contributed by atoms with van der Waals surface area (Å²) in [6.07, 6.45) is 7.02. The molecule has 2 aliphatic rings. The normalized spacial score (nSPS) is 21.7. The predicted octanol–water partition coefficient (Wildman–Crippen LogP) is 2.23. The summed E-state index contributed by atoms with van der Waals surface area (Å²) < 4.78 is 0. The highest BCUT2D eigenvalue weighted by atomic mass is 16.3. The third kappa shape index (κ3) is 2.36. The zero-order valence-corrected chi connectivity index (χ0v) is 10.6. The molecule has 0 aromatic heterocycles. The first-order valence-corrected chi connectivity index (χ1v) is 6.76. The zero-order valence-electron chi connectivity index (χ0n) is 10.6. The van der Waals surface area contributed by atoms with Crippen LogP contribution in [-0.2, 0) is 0 Å². The van der Waals surface area contributed by atoms with E-state index in [1.807, 2.05) is 12.1 Å². The van der Waals surface area contributed by atoms with Gasteiger partial charge < -0.3 is 10.0 Å². The van der Waals surface area contributed by atoms with Gasteiger partial charge >= 0.3 is 0 Å². The Morgan fingerprint density at radius 3 is 2.39 bits per heavy atom. The minimum Gasteiger partial charge on any atom is -0.508 e. The number of phenols is 1. The van der Waals surface area contributed by atoms with Crippen molar-refractivity contribution in [2.45, 2.75) is 18.9 Å². The summed E-state index contributed by atoms with van der Waals surface area (Å²) in [7, 11) is 0. The number of nitrogens with zero attached hydrogens (tertiary/aromatic N) is 2. The molecule has 3 nitrogen and oxygen atoms in total.